The highest BCUT2D eigenvalue weighted by Gasteiger charge is 2.34. The van der Waals surface area contributed by atoms with Crippen LogP contribution in [0.1, 0.15) is 31.9 Å². The van der Waals surface area contributed by atoms with Crippen molar-refractivity contribution in [3.05, 3.63) is 65.7 Å². The Bertz CT molecular complexity index is 779. The van der Waals surface area contributed by atoms with Gasteiger partial charge in [0.05, 0.1) is 39.1 Å². The first kappa shape index (κ1) is 27.0. The van der Waals surface area contributed by atoms with Crippen LogP contribution in [-0.4, -0.2) is 46.1 Å². The molecule has 2 rings (SSSR count). The van der Waals surface area contributed by atoms with Gasteiger partial charge in [-0.05, 0) is 23.3 Å². The molecular weight excluding hydrogens is 420 g/mol. The first-order chi connectivity index (χ1) is 16.0. The molecule has 2 aromatic carbocycles. The molecule has 6 nitrogen and oxygen atoms in total. The topological polar surface area (TPSA) is 63.2 Å². The third-order valence-corrected chi connectivity index (χ3v) is 5.80. The highest BCUT2D eigenvalue weighted by atomic mass is 16.7. The first-order valence-corrected chi connectivity index (χ1v) is 11.4. The molecule has 0 fully saturated rings. The number of aldehydes is 1. The lowest BCUT2D eigenvalue weighted by Crippen LogP contribution is -2.42. The van der Waals surface area contributed by atoms with Crippen molar-refractivity contribution in [1.82, 2.24) is 0 Å². The molecule has 0 saturated carbocycles. The van der Waals surface area contributed by atoms with Crippen molar-refractivity contribution in [1.29, 1.82) is 0 Å². The number of carbonyl (C=O) groups is 1. The molecule has 0 N–H and O–H groups in total. The maximum absolute atomic E-state index is 11.7. The van der Waals surface area contributed by atoms with Crippen molar-refractivity contribution in [3.63, 3.8) is 0 Å². The lowest BCUT2D eigenvalue weighted by molar-refractivity contribution is -0.134. The van der Waals surface area contributed by atoms with Gasteiger partial charge in [-0.3, -0.25) is 0 Å². The largest absolute Gasteiger partial charge is 0.497 e. The summed E-state index contributed by atoms with van der Waals surface area (Å²) < 4.78 is 28.6. The minimum atomic E-state index is -0.310. The van der Waals surface area contributed by atoms with E-state index in [0.717, 1.165) is 23.2 Å². The van der Waals surface area contributed by atoms with Crippen LogP contribution in [0.15, 0.2) is 54.6 Å². The summed E-state index contributed by atoms with van der Waals surface area (Å²) in [5.41, 5.74) is 2.11. The van der Waals surface area contributed by atoms with Gasteiger partial charge in [-0.25, -0.2) is 0 Å². The third kappa shape index (κ3) is 8.89. The molecule has 0 heterocycles. The van der Waals surface area contributed by atoms with Crippen LogP contribution in [0.2, 0.25) is 0 Å². The zero-order chi connectivity index (χ0) is 24.1. The average Bonchev–Trinajstić information content (AvgIpc) is 2.85. The molecule has 2 aromatic rings. The molecule has 0 spiro atoms. The van der Waals surface area contributed by atoms with E-state index in [1.165, 1.54) is 0 Å². The number of benzene rings is 2. The van der Waals surface area contributed by atoms with Crippen LogP contribution >= 0.6 is 0 Å². The average molecular weight is 459 g/mol. The van der Waals surface area contributed by atoms with Crippen molar-refractivity contribution in [3.8, 4) is 5.75 Å². The van der Waals surface area contributed by atoms with Gasteiger partial charge in [-0.2, -0.15) is 0 Å². The van der Waals surface area contributed by atoms with E-state index in [-0.39, 0.29) is 36.8 Å². The monoisotopic (exact) mass is 458 g/mol. The molecule has 6 heteroatoms. The minimum Gasteiger partial charge on any atom is -0.497 e. The van der Waals surface area contributed by atoms with Crippen LogP contribution in [0.5, 0.6) is 5.75 Å². The summed E-state index contributed by atoms with van der Waals surface area (Å²) in [5, 5.41) is 0. The standard InChI is InChI=1S/C27H38O6/c1-20(15-28)26(32-18-24-11-13-25(30-5)14-12-24)22(3)27(21(2)16-31-19-29-4)33-17-23-9-7-6-8-10-23/h6-15,20-22,26-27H,16-19H2,1-5H3/t20-,21-,22+,26-,27-/m0/s1. The molecule has 0 amide bonds. The fraction of sp³-hybridized carbons (Fsp3) is 0.519. The van der Waals surface area contributed by atoms with E-state index in [9.17, 15) is 4.79 Å². The summed E-state index contributed by atoms with van der Waals surface area (Å²) in [4.78, 5) is 11.7. The predicted molar refractivity (Wildman–Crippen MR) is 128 cm³/mol. The first-order valence-electron chi connectivity index (χ1n) is 11.4. The molecule has 0 aliphatic heterocycles. The zero-order valence-corrected chi connectivity index (χ0v) is 20.4. The summed E-state index contributed by atoms with van der Waals surface area (Å²) in [6, 6.07) is 17.8. The van der Waals surface area contributed by atoms with E-state index in [1.54, 1.807) is 14.2 Å². The lowest BCUT2D eigenvalue weighted by atomic mass is 9.84. The molecule has 0 aliphatic rings. The molecule has 0 aromatic heterocycles. The number of ether oxygens (including phenoxy) is 5. The summed E-state index contributed by atoms with van der Waals surface area (Å²) in [5.74, 6) is 0.537. The number of hydrogen-bond acceptors (Lipinski definition) is 6. The van der Waals surface area contributed by atoms with Crippen LogP contribution in [0.4, 0.5) is 0 Å². The Morgan fingerprint density at radius 3 is 2.00 bits per heavy atom. The van der Waals surface area contributed by atoms with E-state index in [0.29, 0.717) is 19.8 Å². The Morgan fingerprint density at radius 2 is 1.42 bits per heavy atom. The van der Waals surface area contributed by atoms with Crippen LogP contribution in [0.25, 0.3) is 0 Å². The van der Waals surface area contributed by atoms with Crippen molar-refractivity contribution >= 4 is 6.29 Å². The van der Waals surface area contributed by atoms with Crippen LogP contribution in [-0.2, 0) is 37.0 Å². The Balaban J connectivity index is 2.14. The normalized spacial score (nSPS) is 15.9. The Morgan fingerprint density at radius 1 is 0.818 bits per heavy atom. The van der Waals surface area contributed by atoms with Gasteiger partial charge in [0.1, 0.15) is 18.8 Å². The van der Waals surface area contributed by atoms with Crippen molar-refractivity contribution in [2.24, 2.45) is 17.8 Å². The second-order valence-corrected chi connectivity index (χ2v) is 8.49. The maximum Gasteiger partial charge on any atom is 0.146 e. The Hall–Kier alpha value is -2.25. The van der Waals surface area contributed by atoms with Gasteiger partial charge < -0.3 is 28.5 Å². The van der Waals surface area contributed by atoms with Gasteiger partial charge in [0, 0.05) is 24.9 Å². The maximum atomic E-state index is 11.7. The van der Waals surface area contributed by atoms with Gasteiger partial charge in [0.25, 0.3) is 0 Å². The number of methoxy groups -OCH3 is 2. The van der Waals surface area contributed by atoms with Gasteiger partial charge in [0.2, 0.25) is 0 Å². The molecule has 0 saturated heterocycles. The second-order valence-electron chi connectivity index (χ2n) is 8.49. The molecule has 0 aliphatic carbocycles. The Kier molecular flexibility index (Phi) is 12.1. The summed E-state index contributed by atoms with van der Waals surface area (Å²) >= 11 is 0. The van der Waals surface area contributed by atoms with E-state index < -0.39 is 0 Å². The molecule has 5 atom stereocenters. The molecule has 0 radical (unpaired) electrons. The lowest BCUT2D eigenvalue weighted by Gasteiger charge is -2.36. The number of rotatable bonds is 16. The van der Waals surface area contributed by atoms with Crippen molar-refractivity contribution in [2.75, 3.05) is 27.6 Å². The zero-order valence-electron chi connectivity index (χ0n) is 20.4. The third-order valence-electron chi connectivity index (χ3n) is 5.80. The fourth-order valence-electron chi connectivity index (χ4n) is 3.97. The smallest absolute Gasteiger partial charge is 0.146 e. The number of hydrogen-bond donors (Lipinski definition) is 0. The van der Waals surface area contributed by atoms with Crippen LogP contribution < -0.4 is 4.74 Å². The predicted octanol–water partition coefficient (Wildman–Crippen LogP) is 4.89. The van der Waals surface area contributed by atoms with Gasteiger partial charge >= 0.3 is 0 Å². The van der Waals surface area contributed by atoms with Crippen LogP contribution in [0, 0.1) is 17.8 Å². The Labute approximate surface area is 198 Å². The fourth-order valence-corrected chi connectivity index (χ4v) is 3.97. The summed E-state index contributed by atoms with van der Waals surface area (Å²) in [6.45, 7) is 7.66. The second kappa shape index (κ2) is 14.8. The molecule has 0 unspecified atom stereocenters. The molecule has 0 bridgehead atoms. The van der Waals surface area contributed by atoms with Crippen molar-refractivity contribution < 1.29 is 28.5 Å². The van der Waals surface area contributed by atoms with E-state index in [1.807, 2.05) is 61.5 Å². The molecule has 33 heavy (non-hydrogen) atoms. The van der Waals surface area contributed by atoms with Gasteiger partial charge in [0.15, 0.2) is 0 Å². The molecular formula is C27H38O6. The summed E-state index contributed by atoms with van der Waals surface area (Å²) in [6.07, 6.45) is 0.468. The highest BCUT2D eigenvalue weighted by Crippen LogP contribution is 2.28. The summed E-state index contributed by atoms with van der Waals surface area (Å²) in [7, 11) is 3.24. The number of carbonyl (C=O) groups excluding carboxylic acids is 1. The highest BCUT2D eigenvalue weighted by molar-refractivity contribution is 5.53. The van der Waals surface area contributed by atoms with E-state index in [2.05, 4.69) is 13.8 Å². The van der Waals surface area contributed by atoms with E-state index in [4.69, 9.17) is 23.7 Å². The van der Waals surface area contributed by atoms with Gasteiger partial charge in [-0.15, -0.1) is 0 Å². The van der Waals surface area contributed by atoms with Gasteiger partial charge in [-0.1, -0.05) is 63.2 Å². The van der Waals surface area contributed by atoms with Crippen molar-refractivity contribution in [2.45, 2.75) is 46.2 Å². The minimum absolute atomic E-state index is 0.0479. The van der Waals surface area contributed by atoms with Crippen LogP contribution in [0.3, 0.4) is 0 Å². The molecule has 182 valence electrons. The SMILES string of the molecule is COCOC[C@H](C)[C@H](OCc1ccccc1)[C@H](C)[C@@H](OCc1ccc(OC)cc1)[C@@H](C)C=O. The quantitative estimate of drug-likeness (QED) is 0.203. The van der Waals surface area contributed by atoms with E-state index >= 15 is 0 Å².